The van der Waals surface area contributed by atoms with E-state index in [1.54, 1.807) is 0 Å². The summed E-state index contributed by atoms with van der Waals surface area (Å²) in [6, 6.07) is 23.6. The molecule has 2 fully saturated rings. The van der Waals surface area contributed by atoms with Gasteiger partial charge in [-0.05, 0) is 59.4 Å². The average Bonchev–Trinajstić information content (AvgIpc) is 2.91. The normalized spacial score (nSPS) is 24.4. The van der Waals surface area contributed by atoms with Gasteiger partial charge in [0.2, 0.25) is 5.79 Å². The van der Waals surface area contributed by atoms with Crippen LogP contribution in [-0.4, -0.2) is 24.5 Å². The summed E-state index contributed by atoms with van der Waals surface area (Å²) in [4.78, 5) is 11.5. The Morgan fingerprint density at radius 1 is 0.861 bits per heavy atom. The highest BCUT2D eigenvalue weighted by Crippen LogP contribution is 2.39. The van der Waals surface area contributed by atoms with E-state index in [0.717, 1.165) is 47.2 Å². The lowest BCUT2D eigenvalue weighted by atomic mass is 9.89. The number of alkyl halides is 3. The Labute approximate surface area is 208 Å². The van der Waals surface area contributed by atoms with Crippen molar-refractivity contribution in [1.82, 2.24) is 0 Å². The number of rotatable bonds is 5. The molecule has 0 radical (unpaired) electrons. The molecule has 1 N–H and O–H groups in total. The molecule has 1 aliphatic heterocycles. The van der Waals surface area contributed by atoms with Gasteiger partial charge in [-0.2, -0.15) is 13.2 Å². The van der Waals surface area contributed by atoms with Crippen LogP contribution in [0.2, 0.25) is 0 Å². The van der Waals surface area contributed by atoms with Crippen molar-refractivity contribution < 1.29 is 27.7 Å². The molecule has 7 heteroatoms. The van der Waals surface area contributed by atoms with Gasteiger partial charge < -0.3 is 10.1 Å². The molecule has 1 atom stereocenters. The van der Waals surface area contributed by atoms with Crippen LogP contribution in [0, 0.1) is 0 Å². The van der Waals surface area contributed by atoms with Crippen LogP contribution >= 0.6 is 0 Å². The maximum Gasteiger partial charge on any atom is 0.416 e. The third-order valence-corrected chi connectivity index (χ3v) is 6.90. The van der Waals surface area contributed by atoms with E-state index in [0.29, 0.717) is 25.1 Å². The Hall–Kier alpha value is -3.13. The van der Waals surface area contributed by atoms with E-state index in [1.165, 1.54) is 12.1 Å². The van der Waals surface area contributed by atoms with E-state index in [2.05, 4.69) is 36.2 Å². The maximum atomic E-state index is 12.8. The first-order chi connectivity index (χ1) is 17.3. The molecule has 1 aliphatic carbocycles. The molecule has 1 spiro atoms. The van der Waals surface area contributed by atoms with E-state index in [-0.39, 0.29) is 6.04 Å². The predicted molar refractivity (Wildman–Crippen MR) is 133 cm³/mol. The number of benzene rings is 3. The zero-order chi connectivity index (χ0) is 25.2. The standard InChI is InChI=1S/C29H28F3NO3/c1-20(21-7-9-23(10-8-21)22-5-3-2-4-6-22)27-19-34-28(36-35-27)17-15-26(16-18-28)33-25-13-11-24(12-14-25)29(30,31)32/h2-14,26-27,33H,1,15-19H2. The molecule has 1 saturated carbocycles. The lowest BCUT2D eigenvalue weighted by molar-refractivity contribution is -0.483. The lowest BCUT2D eigenvalue weighted by Gasteiger charge is -2.43. The van der Waals surface area contributed by atoms with E-state index in [1.807, 2.05) is 30.3 Å². The van der Waals surface area contributed by atoms with Gasteiger partial charge in [-0.15, -0.1) is 0 Å². The summed E-state index contributed by atoms with van der Waals surface area (Å²) >= 11 is 0. The molecule has 0 amide bonds. The van der Waals surface area contributed by atoms with Gasteiger partial charge in [0.1, 0.15) is 6.10 Å². The van der Waals surface area contributed by atoms with E-state index in [4.69, 9.17) is 14.5 Å². The predicted octanol–water partition coefficient (Wildman–Crippen LogP) is 7.48. The van der Waals surface area contributed by atoms with Gasteiger partial charge in [0.05, 0.1) is 12.2 Å². The van der Waals surface area contributed by atoms with Crippen molar-refractivity contribution >= 4 is 11.3 Å². The molecule has 1 unspecified atom stereocenters. The smallest absolute Gasteiger partial charge is 0.382 e. The second-order valence-corrected chi connectivity index (χ2v) is 9.35. The highest BCUT2D eigenvalue weighted by Gasteiger charge is 2.43. The fraction of sp³-hybridized carbons (Fsp3) is 0.310. The second kappa shape index (κ2) is 10.1. The summed E-state index contributed by atoms with van der Waals surface area (Å²) < 4.78 is 44.5. The SMILES string of the molecule is C=C(c1ccc(-c2ccccc2)cc1)C1COC2(CCC(Nc3ccc(C(F)(F)F)cc3)CC2)OO1. The van der Waals surface area contributed by atoms with Gasteiger partial charge in [-0.25, -0.2) is 9.78 Å². The third-order valence-electron chi connectivity index (χ3n) is 6.90. The first-order valence-electron chi connectivity index (χ1n) is 12.1. The summed E-state index contributed by atoms with van der Waals surface area (Å²) in [6.45, 7) is 4.54. The number of anilines is 1. The van der Waals surface area contributed by atoms with Crippen LogP contribution in [-0.2, 0) is 20.7 Å². The fourth-order valence-electron chi connectivity index (χ4n) is 4.70. The summed E-state index contributed by atoms with van der Waals surface area (Å²) in [5.41, 5.74) is 4.06. The molecular formula is C29H28F3NO3. The second-order valence-electron chi connectivity index (χ2n) is 9.35. The topological polar surface area (TPSA) is 39.7 Å². The zero-order valence-corrected chi connectivity index (χ0v) is 19.8. The molecule has 188 valence electrons. The van der Waals surface area contributed by atoms with Crippen LogP contribution in [0.15, 0.2) is 85.4 Å². The Kier molecular flexibility index (Phi) is 6.88. The van der Waals surface area contributed by atoms with Gasteiger partial charge in [-0.3, -0.25) is 0 Å². The van der Waals surface area contributed by atoms with Crippen molar-refractivity contribution in [2.45, 2.75) is 49.8 Å². The number of ether oxygens (including phenoxy) is 1. The van der Waals surface area contributed by atoms with Crippen LogP contribution < -0.4 is 5.32 Å². The maximum absolute atomic E-state index is 12.8. The molecule has 0 bridgehead atoms. The Bertz CT molecular complexity index is 1160. The van der Waals surface area contributed by atoms with Crippen molar-refractivity contribution in [3.63, 3.8) is 0 Å². The average molecular weight is 496 g/mol. The molecule has 0 aromatic heterocycles. The van der Waals surface area contributed by atoms with Gasteiger partial charge in [0.15, 0.2) is 0 Å². The quantitative estimate of drug-likeness (QED) is 0.373. The van der Waals surface area contributed by atoms with Crippen LogP contribution in [0.1, 0.15) is 36.8 Å². The van der Waals surface area contributed by atoms with Crippen LogP contribution in [0.4, 0.5) is 18.9 Å². The fourth-order valence-corrected chi connectivity index (χ4v) is 4.70. The molecule has 36 heavy (non-hydrogen) atoms. The van der Waals surface area contributed by atoms with Crippen LogP contribution in [0.25, 0.3) is 16.7 Å². The largest absolute Gasteiger partial charge is 0.416 e. The highest BCUT2D eigenvalue weighted by molar-refractivity contribution is 5.71. The monoisotopic (exact) mass is 495 g/mol. The number of hydrogen-bond donors (Lipinski definition) is 1. The minimum atomic E-state index is -4.33. The molecule has 3 aromatic rings. The molecule has 1 heterocycles. The lowest BCUT2D eigenvalue weighted by Crippen LogP contribution is -2.49. The molecule has 3 aromatic carbocycles. The van der Waals surface area contributed by atoms with Gasteiger partial charge in [0.25, 0.3) is 0 Å². The molecular weight excluding hydrogens is 467 g/mol. The van der Waals surface area contributed by atoms with Crippen molar-refractivity contribution in [3.05, 3.63) is 96.6 Å². The highest BCUT2D eigenvalue weighted by atomic mass is 19.4. The number of nitrogens with one attached hydrogen (secondary N) is 1. The first-order valence-corrected chi connectivity index (χ1v) is 12.1. The van der Waals surface area contributed by atoms with E-state index in [9.17, 15) is 13.2 Å². The minimum Gasteiger partial charge on any atom is -0.382 e. The molecule has 2 aliphatic rings. The van der Waals surface area contributed by atoms with Crippen molar-refractivity contribution in [3.8, 4) is 11.1 Å². The molecule has 4 nitrogen and oxygen atoms in total. The van der Waals surface area contributed by atoms with Crippen LogP contribution in [0.3, 0.4) is 0 Å². The summed E-state index contributed by atoms with van der Waals surface area (Å²) in [7, 11) is 0. The van der Waals surface area contributed by atoms with Crippen LogP contribution in [0.5, 0.6) is 0 Å². The van der Waals surface area contributed by atoms with E-state index >= 15 is 0 Å². The van der Waals surface area contributed by atoms with Gasteiger partial charge in [0, 0.05) is 24.6 Å². The summed E-state index contributed by atoms with van der Waals surface area (Å²) in [5, 5.41) is 3.31. The van der Waals surface area contributed by atoms with Crippen molar-refractivity contribution in [2.24, 2.45) is 0 Å². The molecule has 5 rings (SSSR count). The Morgan fingerprint density at radius 2 is 1.50 bits per heavy atom. The molecule has 1 saturated heterocycles. The first kappa shape index (κ1) is 24.6. The van der Waals surface area contributed by atoms with E-state index < -0.39 is 23.6 Å². The summed E-state index contributed by atoms with van der Waals surface area (Å²) in [6.07, 6.45) is -2.00. The van der Waals surface area contributed by atoms with Gasteiger partial charge in [-0.1, -0.05) is 61.2 Å². The van der Waals surface area contributed by atoms with Crippen molar-refractivity contribution in [2.75, 3.05) is 11.9 Å². The summed E-state index contributed by atoms with van der Waals surface area (Å²) in [5.74, 6) is -0.799. The zero-order valence-electron chi connectivity index (χ0n) is 19.8. The minimum absolute atomic E-state index is 0.121. The number of halogens is 3. The van der Waals surface area contributed by atoms with Crippen molar-refractivity contribution in [1.29, 1.82) is 0 Å². The Morgan fingerprint density at radius 3 is 2.08 bits per heavy atom. The number of hydrogen-bond acceptors (Lipinski definition) is 4. The third kappa shape index (κ3) is 5.48. The van der Waals surface area contributed by atoms with Gasteiger partial charge >= 0.3 is 6.18 Å². The Balaban J connectivity index is 1.11.